The summed E-state index contributed by atoms with van der Waals surface area (Å²) in [6.45, 7) is 11.1. The van der Waals surface area contributed by atoms with Gasteiger partial charge in [0.05, 0.1) is 6.04 Å². The van der Waals surface area contributed by atoms with Crippen molar-refractivity contribution in [1.29, 1.82) is 0 Å². The summed E-state index contributed by atoms with van der Waals surface area (Å²) in [6, 6.07) is 13.1. The van der Waals surface area contributed by atoms with Gasteiger partial charge in [0.25, 0.3) is 0 Å². The fourth-order valence-corrected chi connectivity index (χ4v) is 5.24. The molecule has 2 rings (SSSR count). The van der Waals surface area contributed by atoms with Crippen LogP contribution < -0.4 is 16.0 Å². The van der Waals surface area contributed by atoms with Crippen molar-refractivity contribution in [1.82, 2.24) is 16.0 Å². The summed E-state index contributed by atoms with van der Waals surface area (Å²) in [6.07, 6.45) is 1.21. The van der Waals surface area contributed by atoms with E-state index in [4.69, 9.17) is 4.74 Å². The quantitative estimate of drug-likeness (QED) is 0.142. The molecule has 0 heterocycles. The molecule has 0 bridgehead atoms. The number of ether oxygens (including phenoxy) is 1. The Morgan fingerprint density at radius 3 is 2.00 bits per heavy atom. The molecule has 0 fully saturated rings. The number of carbonyl (C=O) groups is 5. The van der Waals surface area contributed by atoms with E-state index in [2.05, 4.69) is 16.0 Å². The Bertz CT molecular complexity index is 1340. The highest BCUT2D eigenvalue weighted by molar-refractivity contribution is 5.94. The molecule has 0 saturated heterocycles. The van der Waals surface area contributed by atoms with Gasteiger partial charge in [0.15, 0.2) is 5.78 Å². The van der Waals surface area contributed by atoms with E-state index >= 15 is 0 Å². The summed E-state index contributed by atoms with van der Waals surface area (Å²) in [5.41, 5.74) is 0.984. The molecule has 0 radical (unpaired) electrons. The van der Waals surface area contributed by atoms with Crippen LogP contribution in [0.3, 0.4) is 0 Å². The number of halogens is 1. The number of hydrogen-bond acceptors (Lipinski definition) is 6. The van der Waals surface area contributed by atoms with Crippen LogP contribution in [0.25, 0.3) is 0 Å². The maximum Gasteiger partial charge on any atom is 0.407 e. The largest absolute Gasteiger partial charge is 0.480 e. The maximum absolute atomic E-state index is 13.8. The van der Waals surface area contributed by atoms with E-state index < -0.39 is 47.5 Å². The molecule has 0 saturated carbocycles. The first kappa shape index (κ1) is 39.9. The molecule has 0 aliphatic carbocycles. The Labute approximate surface area is 283 Å². The summed E-state index contributed by atoms with van der Waals surface area (Å²) in [5.74, 6) is -4.05. The van der Waals surface area contributed by atoms with Crippen LogP contribution in [0.5, 0.6) is 0 Å². The lowest BCUT2D eigenvalue weighted by atomic mass is 9.88. The molecule has 2 aromatic carbocycles. The normalized spacial score (nSPS) is 13.9. The smallest absolute Gasteiger partial charge is 0.407 e. The van der Waals surface area contributed by atoms with Crippen molar-refractivity contribution >= 4 is 29.7 Å². The molecule has 4 N–H and O–H groups in total. The van der Waals surface area contributed by atoms with Crippen molar-refractivity contribution in [2.75, 3.05) is 6.54 Å². The van der Waals surface area contributed by atoms with Gasteiger partial charge < -0.3 is 25.8 Å². The van der Waals surface area contributed by atoms with Gasteiger partial charge in [-0.2, -0.15) is 0 Å². The fourth-order valence-electron chi connectivity index (χ4n) is 5.24. The van der Waals surface area contributed by atoms with Crippen LogP contribution in [0.1, 0.15) is 84.8 Å². The summed E-state index contributed by atoms with van der Waals surface area (Å²) < 4.78 is 18.6. The first-order chi connectivity index (χ1) is 22.5. The Balaban J connectivity index is 2.09. The highest BCUT2D eigenvalue weighted by atomic mass is 19.1. The molecule has 0 aliphatic rings. The number of carbonyl (C=O) groups excluding carboxylic acids is 4. The average Bonchev–Trinajstić information content (AvgIpc) is 2.99. The Morgan fingerprint density at radius 2 is 1.42 bits per heavy atom. The number of aliphatic carboxylic acids is 1. The van der Waals surface area contributed by atoms with Crippen molar-refractivity contribution in [3.8, 4) is 0 Å². The number of rotatable bonds is 19. The molecule has 4 atom stereocenters. The van der Waals surface area contributed by atoms with E-state index in [1.165, 1.54) is 12.1 Å². The average molecular weight is 670 g/mol. The molecule has 0 aliphatic heterocycles. The molecule has 0 aromatic heterocycles. The predicted molar refractivity (Wildman–Crippen MR) is 182 cm³/mol. The first-order valence-electron chi connectivity index (χ1n) is 16.7. The number of benzene rings is 2. The lowest BCUT2D eigenvalue weighted by Crippen LogP contribution is -2.48. The summed E-state index contributed by atoms with van der Waals surface area (Å²) >= 11 is 0. The molecular weight excluding hydrogens is 617 g/mol. The minimum absolute atomic E-state index is 0.0358. The number of unbranched alkanes of at least 4 members (excludes halogenated alkanes) is 1. The number of nitrogens with one attached hydrogen (secondary N) is 3. The van der Waals surface area contributed by atoms with Gasteiger partial charge in [0.1, 0.15) is 17.5 Å². The highest BCUT2D eigenvalue weighted by Gasteiger charge is 2.31. The minimum Gasteiger partial charge on any atom is -0.480 e. The Kier molecular flexibility index (Phi) is 16.2. The molecule has 264 valence electrons. The number of carboxylic acids is 1. The van der Waals surface area contributed by atoms with Crippen LogP contribution in [0, 0.1) is 23.6 Å². The molecule has 2 aromatic rings. The zero-order chi connectivity index (χ0) is 35.9. The highest BCUT2D eigenvalue weighted by Crippen LogP contribution is 2.20. The summed E-state index contributed by atoms with van der Waals surface area (Å²) in [4.78, 5) is 64.4. The molecule has 3 amide bonds. The second kappa shape index (κ2) is 19.5. The summed E-state index contributed by atoms with van der Waals surface area (Å²) in [5, 5.41) is 18.0. The van der Waals surface area contributed by atoms with Crippen LogP contribution in [0.4, 0.5) is 9.18 Å². The molecule has 11 heteroatoms. The van der Waals surface area contributed by atoms with Gasteiger partial charge in [-0.3, -0.25) is 14.4 Å². The molecule has 0 unspecified atom stereocenters. The molecule has 48 heavy (non-hydrogen) atoms. The van der Waals surface area contributed by atoms with E-state index in [0.29, 0.717) is 25.7 Å². The lowest BCUT2D eigenvalue weighted by molar-refractivity contribution is -0.143. The maximum atomic E-state index is 13.8. The number of amides is 3. The van der Waals surface area contributed by atoms with Crippen LogP contribution in [-0.4, -0.2) is 59.0 Å². The van der Waals surface area contributed by atoms with E-state index in [-0.39, 0.29) is 49.2 Å². The van der Waals surface area contributed by atoms with Crippen molar-refractivity contribution < 1.29 is 38.2 Å². The second-order valence-electron chi connectivity index (χ2n) is 13.8. The third-order valence-corrected chi connectivity index (χ3v) is 7.67. The molecular formula is C37H52FN3O7. The molecule has 0 spiro atoms. The monoisotopic (exact) mass is 669 g/mol. The lowest BCUT2D eigenvalue weighted by Gasteiger charge is -2.25. The van der Waals surface area contributed by atoms with Crippen LogP contribution >= 0.6 is 0 Å². The van der Waals surface area contributed by atoms with Gasteiger partial charge in [-0.05, 0) is 88.5 Å². The molecule has 10 nitrogen and oxygen atoms in total. The van der Waals surface area contributed by atoms with Crippen molar-refractivity contribution in [3.05, 3.63) is 71.5 Å². The van der Waals surface area contributed by atoms with Gasteiger partial charge in [0, 0.05) is 24.8 Å². The van der Waals surface area contributed by atoms with E-state index in [0.717, 1.165) is 11.1 Å². The standard InChI is InChI=1S/C37H52FN3O7/c1-24(2)20-28(34(44)40-30(35(45)46)14-10-11-19-39-36(47)48-37(4,5)6)23-32(42)31(22-26-12-8-7-9-13-26)41-33(43)25(3)21-27-15-17-29(38)18-16-27/h7-9,12-13,15-18,24-25,28,30-31H,10-11,14,19-23H2,1-6H3,(H,39,47)(H,40,44)(H,41,43)(H,45,46)/t25-,28+,30-,31-/m1/s1. The zero-order valence-corrected chi connectivity index (χ0v) is 29.0. The minimum atomic E-state index is -1.19. The van der Waals surface area contributed by atoms with E-state index in [9.17, 15) is 33.5 Å². The number of ketones is 1. The SMILES string of the molecule is CC(C)C[C@@H](CC(=O)[C@@H](Cc1ccccc1)NC(=O)[C@H](C)Cc1ccc(F)cc1)C(=O)N[C@H](CCCCNC(=O)OC(C)(C)C)C(=O)O. The van der Waals surface area contributed by atoms with Gasteiger partial charge in [-0.15, -0.1) is 0 Å². The Morgan fingerprint density at radius 1 is 0.812 bits per heavy atom. The van der Waals surface area contributed by atoms with E-state index in [1.807, 2.05) is 44.2 Å². The van der Waals surface area contributed by atoms with Gasteiger partial charge >= 0.3 is 12.1 Å². The first-order valence-corrected chi connectivity index (χ1v) is 16.7. The van der Waals surface area contributed by atoms with Crippen LogP contribution in [0.15, 0.2) is 54.6 Å². The van der Waals surface area contributed by atoms with Gasteiger partial charge in [-0.25, -0.2) is 14.0 Å². The third kappa shape index (κ3) is 15.5. The second-order valence-corrected chi connectivity index (χ2v) is 13.8. The number of hydrogen-bond donors (Lipinski definition) is 4. The number of alkyl carbamates (subject to hydrolysis) is 1. The zero-order valence-electron chi connectivity index (χ0n) is 29.0. The van der Waals surface area contributed by atoms with Crippen LogP contribution in [0.2, 0.25) is 0 Å². The van der Waals surface area contributed by atoms with Crippen LogP contribution in [-0.2, 0) is 36.8 Å². The number of carboxylic acid groups (broad SMARTS) is 1. The van der Waals surface area contributed by atoms with Gasteiger partial charge in [-0.1, -0.05) is 63.2 Å². The third-order valence-electron chi connectivity index (χ3n) is 7.67. The van der Waals surface area contributed by atoms with Crippen molar-refractivity contribution in [2.45, 2.75) is 104 Å². The predicted octanol–water partition coefficient (Wildman–Crippen LogP) is 5.62. The summed E-state index contributed by atoms with van der Waals surface area (Å²) in [7, 11) is 0. The Hall–Kier alpha value is -4.28. The van der Waals surface area contributed by atoms with Gasteiger partial charge in [0.2, 0.25) is 11.8 Å². The van der Waals surface area contributed by atoms with Crippen molar-refractivity contribution in [3.63, 3.8) is 0 Å². The van der Waals surface area contributed by atoms with Crippen molar-refractivity contribution in [2.24, 2.45) is 17.8 Å². The number of Topliss-reactive ketones (excluding diaryl/α,β-unsaturated/α-hetero) is 1. The fraction of sp³-hybridized carbons (Fsp3) is 0.541. The van der Waals surface area contributed by atoms with E-state index in [1.54, 1.807) is 39.8 Å². The topological polar surface area (TPSA) is 151 Å².